The monoisotopic (exact) mass is 429 g/mol. The summed E-state index contributed by atoms with van der Waals surface area (Å²) in [5.41, 5.74) is 8.22. The second-order valence-corrected chi connectivity index (χ2v) is 8.12. The lowest BCUT2D eigenvalue weighted by atomic mass is 10.1. The molecule has 3 aromatic carbocycles. The highest BCUT2D eigenvalue weighted by Gasteiger charge is 2.12. The number of benzene rings is 3. The number of hydrogen-bond donors (Lipinski definition) is 2. The molecule has 0 aliphatic heterocycles. The van der Waals surface area contributed by atoms with E-state index in [-0.39, 0.29) is 11.0 Å². The number of oxazole rings is 1. The molecule has 6 heteroatoms. The molecule has 4 rings (SSSR count). The number of aromatic nitrogens is 1. The molecule has 0 fully saturated rings. The average molecular weight is 430 g/mol. The smallest absolute Gasteiger partial charge is 0.257 e. The lowest BCUT2D eigenvalue weighted by Crippen LogP contribution is -2.34. The number of fused-ring (bicyclic) bond motifs is 1. The number of carbonyl (C=O) groups is 1. The van der Waals surface area contributed by atoms with Gasteiger partial charge in [-0.1, -0.05) is 12.1 Å². The highest BCUT2D eigenvalue weighted by atomic mass is 32.1. The van der Waals surface area contributed by atoms with E-state index in [9.17, 15) is 4.79 Å². The first-order valence-corrected chi connectivity index (χ1v) is 10.4. The van der Waals surface area contributed by atoms with Crippen molar-refractivity contribution < 1.29 is 9.21 Å². The van der Waals surface area contributed by atoms with Gasteiger partial charge in [-0.3, -0.25) is 10.1 Å². The van der Waals surface area contributed by atoms with E-state index in [1.165, 1.54) is 11.1 Å². The van der Waals surface area contributed by atoms with Crippen LogP contribution in [0.4, 0.5) is 5.69 Å². The van der Waals surface area contributed by atoms with Crippen LogP contribution in [0.5, 0.6) is 0 Å². The van der Waals surface area contributed by atoms with Crippen molar-refractivity contribution in [1.82, 2.24) is 10.3 Å². The number of hydrogen-bond acceptors (Lipinski definition) is 4. The van der Waals surface area contributed by atoms with Crippen LogP contribution in [0, 0.1) is 27.7 Å². The fourth-order valence-corrected chi connectivity index (χ4v) is 3.43. The minimum Gasteiger partial charge on any atom is -0.436 e. The van der Waals surface area contributed by atoms with Gasteiger partial charge in [-0.25, -0.2) is 4.98 Å². The van der Waals surface area contributed by atoms with E-state index in [4.69, 9.17) is 16.6 Å². The summed E-state index contributed by atoms with van der Waals surface area (Å²) < 4.78 is 5.91. The molecule has 0 saturated carbocycles. The zero-order chi connectivity index (χ0) is 22.1. The van der Waals surface area contributed by atoms with Gasteiger partial charge in [0.15, 0.2) is 10.7 Å². The van der Waals surface area contributed by atoms with E-state index in [0.717, 1.165) is 22.4 Å². The third-order valence-electron chi connectivity index (χ3n) is 5.40. The topological polar surface area (TPSA) is 67.2 Å². The van der Waals surface area contributed by atoms with Crippen LogP contribution in [0.25, 0.3) is 22.6 Å². The predicted molar refractivity (Wildman–Crippen MR) is 129 cm³/mol. The number of nitrogens with one attached hydrogen (secondary N) is 2. The molecule has 1 aromatic heterocycles. The Labute approximate surface area is 186 Å². The minimum absolute atomic E-state index is 0.223. The Morgan fingerprint density at radius 3 is 2.29 bits per heavy atom. The van der Waals surface area contributed by atoms with Gasteiger partial charge >= 0.3 is 0 Å². The van der Waals surface area contributed by atoms with E-state index in [1.807, 2.05) is 50.2 Å². The average Bonchev–Trinajstić information content (AvgIpc) is 3.15. The number of anilines is 1. The Morgan fingerprint density at radius 2 is 1.58 bits per heavy atom. The summed E-state index contributed by atoms with van der Waals surface area (Å²) in [6, 6.07) is 17.2. The maximum absolute atomic E-state index is 12.5. The highest BCUT2D eigenvalue weighted by Crippen LogP contribution is 2.27. The Morgan fingerprint density at radius 1 is 0.871 bits per heavy atom. The van der Waals surface area contributed by atoms with Gasteiger partial charge in [0.25, 0.3) is 5.91 Å². The highest BCUT2D eigenvalue weighted by molar-refractivity contribution is 7.80. The van der Waals surface area contributed by atoms with Gasteiger partial charge in [-0.2, -0.15) is 0 Å². The van der Waals surface area contributed by atoms with Crippen molar-refractivity contribution in [2.45, 2.75) is 27.7 Å². The lowest BCUT2D eigenvalue weighted by molar-refractivity contribution is 0.0977. The molecule has 0 bridgehead atoms. The van der Waals surface area contributed by atoms with Crippen LogP contribution in [0.1, 0.15) is 32.6 Å². The summed E-state index contributed by atoms with van der Waals surface area (Å²) in [5.74, 6) is 0.320. The van der Waals surface area contributed by atoms with Crippen molar-refractivity contribution in [3.63, 3.8) is 0 Å². The second kappa shape index (κ2) is 8.32. The maximum Gasteiger partial charge on any atom is 0.257 e. The molecule has 156 valence electrons. The number of amides is 1. The molecule has 0 unspecified atom stereocenters. The number of thiocarbonyl (C=S) groups is 1. The third kappa shape index (κ3) is 4.49. The van der Waals surface area contributed by atoms with Crippen molar-refractivity contribution >= 4 is 40.0 Å². The Bertz CT molecular complexity index is 1320. The van der Waals surface area contributed by atoms with Crippen molar-refractivity contribution in [2.24, 2.45) is 0 Å². The second-order valence-electron chi connectivity index (χ2n) is 7.71. The molecule has 1 amide bonds. The number of carbonyl (C=O) groups excluding carboxylic acids is 1. The van der Waals surface area contributed by atoms with Gasteiger partial charge in [0.2, 0.25) is 5.89 Å². The summed E-state index contributed by atoms with van der Waals surface area (Å²) in [6.07, 6.45) is 0. The Hall–Kier alpha value is -3.51. The summed E-state index contributed by atoms with van der Waals surface area (Å²) >= 11 is 5.31. The van der Waals surface area contributed by atoms with Gasteiger partial charge in [0, 0.05) is 16.8 Å². The van der Waals surface area contributed by atoms with Gasteiger partial charge in [-0.15, -0.1) is 0 Å². The molecule has 0 saturated heterocycles. The van der Waals surface area contributed by atoms with Crippen LogP contribution in [-0.4, -0.2) is 16.0 Å². The maximum atomic E-state index is 12.5. The summed E-state index contributed by atoms with van der Waals surface area (Å²) in [7, 11) is 0. The molecule has 4 aromatic rings. The zero-order valence-corrected chi connectivity index (χ0v) is 18.7. The van der Waals surface area contributed by atoms with Gasteiger partial charge in [-0.05, 0) is 105 Å². The van der Waals surface area contributed by atoms with E-state index in [1.54, 1.807) is 6.07 Å². The summed E-state index contributed by atoms with van der Waals surface area (Å²) in [6.45, 7) is 8.12. The molecule has 0 aliphatic rings. The van der Waals surface area contributed by atoms with Crippen molar-refractivity contribution in [3.05, 3.63) is 82.4 Å². The van der Waals surface area contributed by atoms with E-state index < -0.39 is 0 Å². The quantitative estimate of drug-likeness (QED) is 0.400. The summed E-state index contributed by atoms with van der Waals surface area (Å²) in [5, 5.41) is 5.99. The van der Waals surface area contributed by atoms with Crippen LogP contribution in [-0.2, 0) is 0 Å². The number of nitrogens with zero attached hydrogens (tertiary/aromatic N) is 1. The van der Waals surface area contributed by atoms with E-state index in [0.29, 0.717) is 22.6 Å². The largest absolute Gasteiger partial charge is 0.436 e. The lowest BCUT2D eigenvalue weighted by Gasteiger charge is -2.10. The molecule has 0 spiro atoms. The molecule has 0 radical (unpaired) electrons. The third-order valence-corrected chi connectivity index (χ3v) is 5.60. The van der Waals surface area contributed by atoms with Gasteiger partial charge < -0.3 is 9.73 Å². The van der Waals surface area contributed by atoms with Crippen LogP contribution in [0.2, 0.25) is 0 Å². The Balaban J connectivity index is 1.49. The molecule has 2 N–H and O–H groups in total. The molecule has 0 aliphatic carbocycles. The Kier molecular flexibility index (Phi) is 5.57. The number of aryl methyl sites for hydroxylation is 4. The van der Waals surface area contributed by atoms with E-state index in [2.05, 4.69) is 41.6 Å². The molecule has 0 atom stereocenters. The molecule has 5 nitrogen and oxygen atoms in total. The van der Waals surface area contributed by atoms with Gasteiger partial charge in [0.05, 0.1) is 0 Å². The standard InChI is InChI=1S/C25H23N3O2S/c1-14-5-7-18(11-16(14)3)23(29)28-25(31)26-20-9-10-22-21(13-20)27-24(30-22)19-8-6-15(2)17(4)12-19/h5-13H,1-4H3,(H2,26,28,29,31). The molecular formula is C25H23N3O2S. The fraction of sp³-hybridized carbons (Fsp3) is 0.160. The molecular weight excluding hydrogens is 406 g/mol. The van der Waals surface area contributed by atoms with Crippen LogP contribution >= 0.6 is 12.2 Å². The van der Waals surface area contributed by atoms with Crippen LogP contribution in [0.15, 0.2) is 59.0 Å². The first-order valence-electron chi connectivity index (χ1n) is 9.98. The SMILES string of the molecule is Cc1ccc(C(=O)NC(=S)Nc2ccc3oc(-c4ccc(C)c(C)c4)nc3c2)cc1C. The van der Waals surface area contributed by atoms with Gasteiger partial charge in [0.1, 0.15) is 5.52 Å². The summed E-state index contributed by atoms with van der Waals surface area (Å²) in [4.78, 5) is 17.1. The number of rotatable bonds is 3. The van der Waals surface area contributed by atoms with Crippen molar-refractivity contribution in [1.29, 1.82) is 0 Å². The zero-order valence-electron chi connectivity index (χ0n) is 17.9. The fourth-order valence-electron chi connectivity index (χ4n) is 3.22. The van der Waals surface area contributed by atoms with Crippen LogP contribution < -0.4 is 10.6 Å². The van der Waals surface area contributed by atoms with E-state index >= 15 is 0 Å². The molecule has 1 heterocycles. The predicted octanol–water partition coefficient (Wildman–Crippen LogP) is 5.86. The first kappa shape index (κ1) is 20.8. The van der Waals surface area contributed by atoms with Crippen LogP contribution in [0.3, 0.4) is 0 Å². The normalized spacial score (nSPS) is 10.8. The van der Waals surface area contributed by atoms with Crippen molar-refractivity contribution in [2.75, 3.05) is 5.32 Å². The first-order chi connectivity index (χ1) is 14.8. The van der Waals surface area contributed by atoms with Crippen molar-refractivity contribution in [3.8, 4) is 11.5 Å². The minimum atomic E-state index is -0.250. The molecule has 31 heavy (non-hydrogen) atoms.